The smallest absolute Gasteiger partial charge is 0.247 e. The lowest BCUT2D eigenvalue weighted by molar-refractivity contribution is 0.653. The van der Waals surface area contributed by atoms with Gasteiger partial charge in [-0.3, -0.25) is 4.57 Å². The lowest BCUT2D eigenvalue weighted by Gasteiger charge is -2.13. The Hall–Kier alpha value is -6.25. The fourth-order valence-corrected chi connectivity index (χ4v) is 6.35. The third-order valence-corrected chi connectivity index (χ3v) is 8.41. The molecule has 0 fully saturated rings. The van der Waals surface area contributed by atoms with E-state index in [-0.39, 0.29) is 0 Å². The second kappa shape index (κ2) is 9.38. The zero-order chi connectivity index (χ0) is 29.2. The number of rotatable bonds is 3. The molecule has 0 saturated carbocycles. The fraction of sp³-hybridized carbons (Fsp3) is 0. The number of furan rings is 1. The van der Waals surface area contributed by atoms with Crippen LogP contribution in [0.25, 0.3) is 83.0 Å². The molecule has 3 aromatic heterocycles. The van der Waals surface area contributed by atoms with E-state index in [9.17, 15) is 5.26 Å². The van der Waals surface area contributed by atoms with Crippen LogP contribution in [0, 0.1) is 11.3 Å². The van der Waals surface area contributed by atoms with Crippen molar-refractivity contribution in [3.8, 4) is 34.3 Å². The number of nitrogens with zero attached hydrogens (tertiary/aromatic N) is 4. The zero-order valence-electron chi connectivity index (χ0n) is 23.4. The largest absolute Gasteiger partial charge is 0.436 e. The zero-order valence-corrected chi connectivity index (χ0v) is 23.4. The van der Waals surface area contributed by atoms with Gasteiger partial charge in [-0.05, 0) is 64.4 Å². The molecule has 0 N–H and O–H groups in total. The summed E-state index contributed by atoms with van der Waals surface area (Å²) in [4.78, 5) is 10.5. The molecule has 0 unspecified atom stereocenters. The molecular weight excluding hydrogens is 540 g/mol. The van der Waals surface area contributed by atoms with Gasteiger partial charge in [0.25, 0.3) is 0 Å². The van der Waals surface area contributed by atoms with Crippen molar-refractivity contribution in [3.63, 3.8) is 0 Å². The van der Waals surface area contributed by atoms with Gasteiger partial charge in [0.15, 0.2) is 5.82 Å². The molecule has 0 amide bonds. The van der Waals surface area contributed by atoms with E-state index in [0.717, 1.165) is 54.9 Å². The van der Waals surface area contributed by atoms with Crippen LogP contribution in [0.1, 0.15) is 5.56 Å². The van der Waals surface area contributed by atoms with Crippen LogP contribution in [0.4, 0.5) is 0 Å². The van der Waals surface area contributed by atoms with Crippen molar-refractivity contribution in [1.29, 1.82) is 5.26 Å². The summed E-state index contributed by atoms with van der Waals surface area (Å²) in [5.74, 6) is 0.682. The molecule has 204 valence electrons. The van der Waals surface area contributed by atoms with Gasteiger partial charge < -0.3 is 4.42 Å². The van der Waals surface area contributed by atoms with Gasteiger partial charge in [0, 0.05) is 21.7 Å². The number of aromatic nitrogens is 3. The molecule has 9 aromatic rings. The maximum atomic E-state index is 9.72. The van der Waals surface area contributed by atoms with Gasteiger partial charge in [-0.15, -0.1) is 0 Å². The molecule has 5 nitrogen and oxygen atoms in total. The molecule has 44 heavy (non-hydrogen) atoms. The van der Waals surface area contributed by atoms with E-state index < -0.39 is 0 Å². The highest BCUT2D eigenvalue weighted by Crippen LogP contribution is 2.39. The normalized spacial score (nSPS) is 11.6. The molecule has 0 aliphatic rings. The topological polar surface area (TPSA) is 67.6 Å². The van der Waals surface area contributed by atoms with Crippen molar-refractivity contribution in [2.45, 2.75) is 0 Å². The van der Waals surface area contributed by atoms with Crippen molar-refractivity contribution in [2.75, 3.05) is 0 Å². The van der Waals surface area contributed by atoms with E-state index >= 15 is 0 Å². The minimum Gasteiger partial charge on any atom is -0.436 e. The molecule has 0 spiro atoms. The third-order valence-electron chi connectivity index (χ3n) is 8.41. The van der Waals surface area contributed by atoms with Gasteiger partial charge >= 0.3 is 0 Å². The van der Waals surface area contributed by atoms with Crippen LogP contribution in [0.15, 0.2) is 138 Å². The molecule has 0 bridgehead atoms. The Bertz CT molecular complexity index is 2620. The Balaban J connectivity index is 1.42. The van der Waals surface area contributed by atoms with E-state index in [0.29, 0.717) is 28.3 Å². The van der Waals surface area contributed by atoms with Gasteiger partial charge in [-0.2, -0.15) is 5.26 Å². The number of hydrogen-bond donors (Lipinski definition) is 0. The Morgan fingerprint density at radius 3 is 2.20 bits per heavy atom. The highest BCUT2D eigenvalue weighted by atomic mass is 16.3. The molecule has 0 aliphatic heterocycles. The number of hydrogen-bond acceptors (Lipinski definition) is 4. The van der Waals surface area contributed by atoms with Crippen molar-refractivity contribution in [2.24, 2.45) is 0 Å². The summed E-state index contributed by atoms with van der Waals surface area (Å²) in [5.41, 5.74) is 8.14. The average molecular weight is 563 g/mol. The van der Waals surface area contributed by atoms with Gasteiger partial charge in [0.1, 0.15) is 16.8 Å². The first-order chi connectivity index (χ1) is 21.7. The number of para-hydroxylation sites is 1. The van der Waals surface area contributed by atoms with Crippen LogP contribution in [0.3, 0.4) is 0 Å². The Kier molecular flexibility index (Phi) is 5.19. The lowest BCUT2D eigenvalue weighted by Crippen LogP contribution is -2.03. The molecule has 0 radical (unpaired) electrons. The first kappa shape index (κ1) is 24.4. The van der Waals surface area contributed by atoms with Gasteiger partial charge in [0.05, 0.1) is 22.7 Å². The van der Waals surface area contributed by atoms with Crippen molar-refractivity contribution in [3.05, 3.63) is 139 Å². The summed E-state index contributed by atoms with van der Waals surface area (Å²) in [6.07, 6.45) is 0. The molecule has 5 heteroatoms. The van der Waals surface area contributed by atoms with Gasteiger partial charge in [-0.1, -0.05) is 91.0 Å². The second-order valence-electron chi connectivity index (χ2n) is 11.0. The maximum Gasteiger partial charge on any atom is 0.247 e. The van der Waals surface area contributed by atoms with Crippen LogP contribution in [0.5, 0.6) is 0 Å². The minimum absolute atomic E-state index is 0.456. The SMILES string of the molecule is N#Cc1cccc(-c2nc3oc4ccc(-c5ccccc5)cc4c3nc2-n2c3ccccc3c3cc4ccccc4cc32)c1. The van der Waals surface area contributed by atoms with Crippen LogP contribution in [-0.2, 0) is 0 Å². The number of benzene rings is 6. The van der Waals surface area contributed by atoms with Crippen LogP contribution in [0.2, 0.25) is 0 Å². The highest BCUT2D eigenvalue weighted by molar-refractivity contribution is 6.14. The molecular formula is C39H22N4O. The highest BCUT2D eigenvalue weighted by Gasteiger charge is 2.22. The predicted octanol–water partition coefficient (Wildman–Crippen LogP) is 9.83. The standard InChI is InChI=1S/C39H22N4O/c40-23-24-9-8-14-29(19-24)36-38(41-37-32-21-28(25-10-2-1-3-11-25)17-18-35(32)44-39(37)42-36)43-33-16-7-6-15-30(33)31-20-26-12-4-5-13-27(26)22-34(31)43/h1-22H. The number of nitriles is 1. The summed E-state index contributed by atoms with van der Waals surface area (Å²) in [6.45, 7) is 0. The van der Waals surface area contributed by atoms with Gasteiger partial charge in [0.2, 0.25) is 5.71 Å². The Labute approximate surface area is 251 Å². The summed E-state index contributed by atoms with van der Waals surface area (Å²) in [7, 11) is 0. The van der Waals surface area contributed by atoms with E-state index in [1.54, 1.807) is 6.07 Å². The predicted molar refractivity (Wildman–Crippen MR) is 177 cm³/mol. The second-order valence-corrected chi connectivity index (χ2v) is 11.0. The minimum atomic E-state index is 0.456. The fourth-order valence-electron chi connectivity index (χ4n) is 6.35. The first-order valence-electron chi connectivity index (χ1n) is 14.5. The van der Waals surface area contributed by atoms with E-state index in [1.807, 2.05) is 42.5 Å². The number of fused-ring (bicyclic) bond motifs is 7. The molecule has 0 aliphatic carbocycles. The lowest BCUT2D eigenvalue weighted by atomic mass is 10.0. The van der Waals surface area contributed by atoms with Crippen molar-refractivity contribution >= 4 is 54.8 Å². The molecule has 6 aromatic carbocycles. The van der Waals surface area contributed by atoms with Crippen LogP contribution in [-0.4, -0.2) is 14.5 Å². The first-order valence-corrected chi connectivity index (χ1v) is 14.5. The Morgan fingerprint density at radius 1 is 0.568 bits per heavy atom. The van der Waals surface area contributed by atoms with E-state index in [4.69, 9.17) is 14.4 Å². The maximum absolute atomic E-state index is 9.72. The van der Waals surface area contributed by atoms with Crippen molar-refractivity contribution in [1.82, 2.24) is 14.5 Å². The summed E-state index contributed by atoms with van der Waals surface area (Å²) in [5, 5.41) is 15.2. The van der Waals surface area contributed by atoms with E-state index in [1.165, 1.54) is 5.39 Å². The summed E-state index contributed by atoms with van der Waals surface area (Å²) < 4.78 is 8.53. The monoisotopic (exact) mass is 562 g/mol. The Morgan fingerprint density at radius 2 is 1.34 bits per heavy atom. The molecule has 0 atom stereocenters. The van der Waals surface area contributed by atoms with E-state index in [2.05, 4.69) is 95.6 Å². The molecule has 0 saturated heterocycles. The molecule has 9 rings (SSSR count). The average Bonchev–Trinajstić information content (AvgIpc) is 3.61. The summed E-state index contributed by atoms with van der Waals surface area (Å²) in [6, 6.07) is 47.6. The quantitative estimate of drug-likeness (QED) is 0.215. The third kappa shape index (κ3) is 3.65. The molecule has 3 heterocycles. The summed E-state index contributed by atoms with van der Waals surface area (Å²) >= 11 is 0. The van der Waals surface area contributed by atoms with Crippen LogP contribution < -0.4 is 0 Å². The van der Waals surface area contributed by atoms with Gasteiger partial charge in [-0.25, -0.2) is 9.97 Å². The van der Waals surface area contributed by atoms with Crippen LogP contribution >= 0.6 is 0 Å². The van der Waals surface area contributed by atoms with Crippen molar-refractivity contribution < 1.29 is 4.42 Å².